The molecule has 0 bridgehead atoms. The first kappa shape index (κ1) is 22.7. The van der Waals surface area contributed by atoms with Gasteiger partial charge in [0, 0.05) is 18.0 Å². The molecule has 0 amide bonds. The molecule has 0 aromatic carbocycles. The minimum absolute atomic E-state index is 0.0282. The largest absolute Gasteiger partial charge is 0.439 e. The molecule has 1 fully saturated rings. The lowest BCUT2D eigenvalue weighted by atomic mass is 9.95. The lowest BCUT2D eigenvalue weighted by Gasteiger charge is -2.27. The van der Waals surface area contributed by atoms with Gasteiger partial charge in [-0.15, -0.1) is 5.10 Å². The van der Waals surface area contributed by atoms with E-state index >= 15 is 0 Å². The lowest BCUT2D eigenvalue weighted by Crippen LogP contribution is -2.40. The summed E-state index contributed by atoms with van der Waals surface area (Å²) in [6.45, 7) is 12.4. The van der Waals surface area contributed by atoms with Gasteiger partial charge in [-0.2, -0.15) is 4.68 Å². The van der Waals surface area contributed by atoms with Crippen LogP contribution in [0.4, 0.5) is 0 Å². The van der Waals surface area contributed by atoms with Crippen LogP contribution in [0.2, 0.25) is 0 Å². The normalized spacial score (nSPS) is 18.2. The third-order valence-electron chi connectivity index (χ3n) is 4.94. The third-order valence-corrected chi connectivity index (χ3v) is 4.94. The van der Waals surface area contributed by atoms with Gasteiger partial charge in [-0.1, -0.05) is 33.1 Å². The standard InChI is InChI=1S/C20H37N5O3/c1-14(2)18(28-19(26)20(4,5)6)25-17(22-23-24-25)13-27-12-15(3)21-16-10-8-7-9-11-16/h14-16,18,21H,7-13H2,1-6H3/t15-,18+/m1/s1. The SMILES string of the molecule is CC(C)[C@H](OC(=O)C(C)(C)C)n1nnnc1COC[C@@H](C)NC1CCCCC1. The van der Waals surface area contributed by atoms with Crippen LogP contribution in [0.1, 0.15) is 85.7 Å². The number of aromatic nitrogens is 4. The molecule has 2 rings (SSSR count). The summed E-state index contributed by atoms with van der Waals surface area (Å²) < 4.78 is 13.1. The Labute approximate surface area is 168 Å². The van der Waals surface area contributed by atoms with Crippen LogP contribution in [-0.2, 0) is 20.9 Å². The molecule has 1 heterocycles. The van der Waals surface area contributed by atoms with Gasteiger partial charge >= 0.3 is 5.97 Å². The highest BCUT2D eigenvalue weighted by Gasteiger charge is 2.30. The number of ether oxygens (including phenoxy) is 2. The molecule has 0 saturated heterocycles. The molecule has 1 aliphatic rings. The molecule has 8 heteroatoms. The van der Waals surface area contributed by atoms with E-state index in [0.29, 0.717) is 18.5 Å². The molecule has 0 aliphatic heterocycles. The first-order valence-electron chi connectivity index (χ1n) is 10.5. The van der Waals surface area contributed by atoms with Crippen molar-refractivity contribution in [1.29, 1.82) is 0 Å². The van der Waals surface area contributed by atoms with Gasteiger partial charge in [0.2, 0.25) is 6.23 Å². The third kappa shape index (κ3) is 6.81. The van der Waals surface area contributed by atoms with E-state index in [9.17, 15) is 4.79 Å². The number of rotatable bonds is 9. The summed E-state index contributed by atoms with van der Waals surface area (Å²) in [5.41, 5.74) is -0.585. The molecule has 0 spiro atoms. The summed E-state index contributed by atoms with van der Waals surface area (Å²) in [5.74, 6) is 0.310. The van der Waals surface area contributed by atoms with E-state index in [1.54, 1.807) is 4.68 Å². The van der Waals surface area contributed by atoms with Crippen molar-refractivity contribution < 1.29 is 14.3 Å². The Balaban J connectivity index is 1.89. The first-order chi connectivity index (χ1) is 13.2. The van der Waals surface area contributed by atoms with E-state index in [1.165, 1.54) is 32.1 Å². The van der Waals surface area contributed by atoms with Gasteiger partial charge in [0.25, 0.3) is 0 Å². The minimum Gasteiger partial charge on any atom is -0.439 e. The van der Waals surface area contributed by atoms with Crippen LogP contribution in [0.25, 0.3) is 0 Å². The maximum absolute atomic E-state index is 12.3. The number of hydrogen-bond donors (Lipinski definition) is 1. The average molecular weight is 396 g/mol. The van der Waals surface area contributed by atoms with Crippen molar-refractivity contribution in [3.8, 4) is 0 Å². The van der Waals surface area contributed by atoms with E-state index in [-0.39, 0.29) is 24.5 Å². The summed E-state index contributed by atoms with van der Waals surface area (Å²) in [6.07, 6.45) is 5.91. The van der Waals surface area contributed by atoms with Gasteiger partial charge in [-0.3, -0.25) is 4.79 Å². The number of carbonyl (C=O) groups excluding carboxylic acids is 1. The Hall–Kier alpha value is -1.54. The number of hydrogen-bond acceptors (Lipinski definition) is 7. The van der Waals surface area contributed by atoms with Crippen molar-refractivity contribution in [2.45, 2.75) is 98.6 Å². The Morgan fingerprint density at radius 1 is 1.21 bits per heavy atom. The molecule has 0 unspecified atom stereocenters. The summed E-state index contributed by atoms with van der Waals surface area (Å²) >= 11 is 0. The van der Waals surface area contributed by atoms with Crippen molar-refractivity contribution >= 4 is 5.97 Å². The highest BCUT2D eigenvalue weighted by atomic mass is 16.6. The van der Waals surface area contributed by atoms with Crippen LogP contribution in [-0.4, -0.2) is 44.9 Å². The Morgan fingerprint density at radius 3 is 2.50 bits per heavy atom. The molecule has 1 aromatic rings. The first-order valence-corrected chi connectivity index (χ1v) is 10.5. The number of tetrazole rings is 1. The van der Waals surface area contributed by atoms with E-state index in [0.717, 1.165) is 0 Å². The van der Waals surface area contributed by atoms with Crippen molar-refractivity contribution in [3.63, 3.8) is 0 Å². The predicted molar refractivity (Wildman–Crippen MR) is 106 cm³/mol. The fourth-order valence-electron chi connectivity index (χ4n) is 3.31. The molecule has 2 atom stereocenters. The molecule has 28 heavy (non-hydrogen) atoms. The molecule has 1 N–H and O–H groups in total. The van der Waals surface area contributed by atoms with Crippen LogP contribution in [0.5, 0.6) is 0 Å². The van der Waals surface area contributed by atoms with E-state index in [4.69, 9.17) is 9.47 Å². The van der Waals surface area contributed by atoms with Gasteiger partial charge in [0.05, 0.1) is 12.0 Å². The van der Waals surface area contributed by atoms with E-state index < -0.39 is 11.6 Å². The van der Waals surface area contributed by atoms with Crippen molar-refractivity contribution in [3.05, 3.63) is 5.82 Å². The molecule has 1 aromatic heterocycles. The quantitative estimate of drug-likeness (QED) is 0.642. The Kier molecular flexibility index (Phi) is 8.37. The van der Waals surface area contributed by atoms with Crippen molar-refractivity contribution in [2.24, 2.45) is 11.3 Å². The summed E-state index contributed by atoms with van der Waals surface area (Å²) in [7, 11) is 0. The monoisotopic (exact) mass is 395 g/mol. The lowest BCUT2D eigenvalue weighted by molar-refractivity contribution is -0.168. The smallest absolute Gasteiger partial charge is 0.313 e. The number of esters is 1. The molecule has 1 saturated carbocycles. The van der Waals surface area contributed by atoms with Crippen LogP contribution < -0.4 is 5.32 Å². The van der Waals surface area contributed by atoms with Gasteiger partial charge in [-0.25, -0.2) is 0 Å². The number of carbonyl (C=O) groups is 1. The van der Waals surface area contributed by atoms with E-state index in [2.05, 4.69) is 27.8 Å². The van der Waals surface area contributed by atoms with Gasteiger partial charge in [0.1, 0.15) is 6.61 Å². The Morgan fingerprint density at radius 2 is 1.89 bits per heavy atom. The van der Waals surface area contributed by atoms with Gasteiger partial charge < -0.3 is 14.8 Å². The zero-order valence-electron chi connectivity index (χ0n) is 18.3. The zero-order chi connectivity index (χ0) is 20.7. The van der Waals surface area contributed by atoms with Crippen LogP contribution in [0, 0.1) is 11.3 Å². The van der Waals surface area contributed by atoms with Crippen LogP contribution >= 0.6 is 0 Å². The van der Waals surface area contributed by atoms with Crippen LogP contribution in [0.3, 0.4) is 0 Å². The predicted octanol–water partition coefficient (Wildman–Crippen LogP) is 3.24. The maximum atomic E-state index is 12.3. The molecular formula is C20H37N5O3. The number of nitrogens with zero attached hydrogens (tertiary/aromatic N) is 4. The van der Waals surface area contributed by atoms with Gasteiger partial charge in [0.15, 0.2) is 5.82 Å². The molecule has 1 aliphatic carbocycles. The topological polar surface area (TPSA) is 91.2 Å². The second kappa shape index (κ2) is 10.3. The fourth-order valence-corrected chi connectivity index (χ4v) is 3.31. The minimum atomic E-state index is -0.585. The highest BCUT2D eigenvalue weighted by molar-refractivity contribution is 5.75. The average Bonchev–Trinajstić information content (AvgIpc) is 3.07. The Bertz CT molecular complexity index is 605. The van der Waals surface area contributed by atoms with Gasteiger partial charge in [-0.05, 0) is 51.0 Å². The number of nitrogens with one attached hydrogen (secondary N) is 1. The van der Waals surface area contributed by atoms with Crippen molar-refractivity contribution in [1.82, 2.24) is 25.5 Å². The summed E-state index contributed by atoms with van der Waals surface area (Å²) in [6, 6.07) is 0.867. The summed E-state index contributed by atoms with van der Waals surface area (Å²) in [4.78, 5) is 12.3. The highest BCUT2D eigenvalue weighted by Crippen LogP contribution is 2.25. The fraction of sp³-hybridized carbons (Fsp3) is 0.900. The second-order valence-corrected chi connectivity index (χ2v) is 9.25. The molecule has 0 radical (unpaired) electrons. The maximum Gasteiger partial charge on any atom is 0.313 e. The summed E-state index contributed by atoms with van der Waals surface area (Å²) in [5, 5.41) is 15.5. The zero-order valence-corrected chi connectivity index (χ0v) is 18.3. The molecule has 160 valence electrons. The second-order valence-electron chi connectivity index (χ2n) is 9.25. The molecular weight excluding hydrogens is 358 g/mol. The molecule has 8 nitrogen and oxygen atoms in total. The van der Waals surface area contributed by atoms with Crippen LogP contribution in [0.15, 0.2) is 0 Å². The van der Waals surface area contributed by atoms with E-state index in [1.807, 2.05) is 34.6 Å². The van der Waals surface area contributed by atoms with Crippen molar-refractivity contribution in [2.75, 3.05) is 6.61 Å².